The Labute approximate surface area is 131 Å². The molecule has 2 rings (SSSR count). The van der Waals surface area contributed by atoms with E-state index < -0.39 is 9.84 Å². The van der Waals surface area contributed by atoms with Crippen LogP contribution >= 0.6 is 0 Å². The van der Waals surface area contributed by atoms with Crippen LogP contribution in [0.5, 0.6) is 0 Å². The van der Waals surface area contributed by atoms with Crippen molar-refractivity contribution < 1.29 is 18.3 Å². The van der Waals surface area contributed by atoms with E-state index in [1.807, 2.05) is 31.2 Å². The normalized spacial score (nSPS) is 17.9. The molecule has 2 amide bonds. The summed E-state index contributed by atoms with van der Waals surface area (Å²) in [6, 6.07) is 6.98. The monoisotopic (exact) mass is 326 g/mol. The van der Waals surface area contributed by atoms with Gasteiger partial charge in [-0.15, -0.1) is 0 Å². The second-order valence-electron chi connectivity index (χ2n) is 5.60. The molecule has 0 atom stereocenters. The summed E-state index contributed by atoms with van der Waals surface area (Å²) in [5.41, 5.74) is 1.78. The minimum absolute atomic E-state index is 0.0946. The SMILES string of the molecule is Cc1ccc(NC(=O)N(CCO)C2CCS(=O)(=O)CC2)cc1. The number of anilines is 1. The van der Waals surface area contributed by atoms with Crippen molar-refractivity contribution in [2.45, 2.75) is 25.8 Å². The fraction of sp³-hybridized carbons (Fsp3) is 0.533. The predicted molar refractivity (Wildman–Crippen MR) is 85.7 cm³/mol. The molecule has 6 nitrogen and oxygen atoms in total. The second kappa shape index (κ2) is 7.11. The van der Waals surface area contributed by atoms with Crippen LogP contribution in [-0.2, 0) is 9.84 Å². The molecule has 1 aromatic carbocycles. The topological polar surface area (TPSA) is 86.7 Å². The smallest absolute Gasteiger partial charge is 0.322 e. The number of aliphatic hydroxyl groups excluding tert-OH is 1. The van der Waals surface area contributed by atoms with Gasteiger partial charge in [-0.2, -0.15) is 0 Å². The van der Waals surface area contributed by atoms with Crippen molar-refractivity contribution >= 4 is 21.6 Å². The van der Waals surface area contributed by atoms with Crippen LogP contribution in [-0.4, -0.2) is 55.2 Å². The lowest BCUT2D eigenvalue weighted by Gasteiger charge is -2.33. The van der Waals surface area contributed by atoms with E-state index in [-0.39, 0.29) is 36.7 Å². The molecule has 1 saturated heterocycles. The molecule has 0 bridgehead atoms. The van der Waals surface area contributed by atoms with Crippen molar-refractivity contribution in [1.29, 1.82) is 0 Å². The van der Waals surface area contributed by atoms with Gasteiger partial charge in [-0.3, -0.25) is 0 Å². The van der Waals surface area contributed by atoms with Crippen LogP contribution in [0.1, 0.15) is 18.4 Å². The number of aryl methyl sites for hydroxylation is 1. The van der Waals surface area contributed by atoms with E-state index in [4.69, 9.17) is 0 Å². The van der Waals surface area contributed by atoms with Gasteiger partial charge in [0.15, 0.2) is 0 Å². The maximum absolute atomic E-state index is 12.4. The van der Waals surface area contributed by atoms with E-state index in [1.54, 1.807) is 0 Å². The quantitative estimate of drug-likeness (QED) is 0.875. The second-order valence-corrected chi connectivity index (χ2v) is 7.90. The number of carbonyl (C=O) groups excluding carboxylic acids is 1. The summed E-state index contributed by atoms with van der Waals surface area (Å²) in [6.45, 7) is 2.01. The first-order chi connectivity index (χ1) is 10.4. The Morgan fingerprint density at radius 2 is 1.86 bits per heavy atom. The molecule has 7 heteroatoms. The standard InChI is InChI=1S/C15H22N2O4S/c1-12-2-4-13(5-3-12)16-15(19)17(8-9-18)14-6-10-22(20,21)11-7-14/h2-5,14,18H,6-11H2,1H3,(H,16,19). The van der Waals surface area contributed by atoms with Crippen molar-refractivity contribution in [3.8, 4) is 0 Å². The Kier molecular flexibility index (Phi) is 5.42. The molecule has 0 radical (unpaired) electrons. The number of sulfone groups is 1. The first-order valence-electron chi connectivity index (χ1n) is 7.37. The lowest BCUT2D eigenvalue weighted by atomic mass is 10.1. The molecular formula is C15H22N2O4S. The van der Waals surface area contributed by atoms with Gasteiger partial charge in [-0.05, 0) is 31.9 Å². The minimum atomic E-state index is -2.97. The van der Waals surface area contributed by atoms with Crippen molar-refractivity contribution in [1.82, 2.24) is 4.90 Å². The fourth-order valence-electron chi connectivity index (χ4n) is 2.58. The van der Waals surface area contributed by atoms with Crippen molar-refractivity contribution in [2.24, 2.45) is 0 Å². The number of carbonyl (C=O) groups is 1. The van der Waals surface area contributed by atoms with Gasteiger partial charge in [0.25, 0.3) is 0 Å². The molecule has 1 fully saturated rings. The van der Waals surface area contributed by atoms with E-state index in [0.29, 0.717) is 18.5 Å². The third-order valence-electron chi connectivity index (χ3n) is 3.87. The van der Waals surface area contributed by atoms with Gasteiger partial charge in [0.05, 0.1) is 18.1 Å². The number of aliphatic hydroxyl groups is 1. The number of rotatable bonds is 4. The van der Waals surface area contributed by atoms with Gasteiger partial charge in [-0.25, -0.2) is 13.2 Å². The highest BCUT2D eigenvalue weighted by Crippen LogP contribution is 2.19. The number of benzene rings is 1. The fourth-order valence-corrected chi connectivity index (χ4v) is 4.05. The Balaban J connectivity index is 2.03. The molecule has 1 aliphatic rings. The lowest BCUT2D eigenvalue weighted by Crippen LogP contribution is -2.47. The first kappa shape index (κ1) is 16.8. The highest BCUT2D eigenvalue weighted by Gasteiger charge is 2.30. The summed E-state index contributed by atoms with van der Waals surface area (Å²) in [7, 11) is -2.97. The number of nitrogens with zero attached hydrogens (tertiary/aromatic N) is 1. The number of hydrogen-bond donors (Lipinski definition) is 2. The summed E-state index contributed by atoms with van der Waals surface area (Å²) in [4.78, 5) is 13.9. The van der Waals surface area contributed by atoms with Gasteiger partial charge in [0.2, 0.25) is 0 Å². The molecule has 1 aromatic rings. The summed E-state index contributed by atoms with van der Waals surface area (Å²) in [6.07, 6.45) is 0.841. The summed E-state index contributed by atoms with van der Waals surface area (Å²) in [5.74, 6) is 0.189. The van der Waals surface area contributed by atoms with Gasteiger partial charge in [0, 0.05) is 18.3 Å². The molecule has 0 unspecified atom stereocenters. The number of hydrogen-bond acceptors (Lipinski definition) is 4. The lowest BCUT2D eigenvalue weighted by molar-refractivity contribution is 0.157. The number of nitrogens with one attached hydrogen (secondary N) is 1. The molecule has 0 saturated carbocycles. The van der Waals surface area contributed by atoms with E-state index >= 15 is 0 Å². The molecule has 122 valence electrons. The Morgan fingerprint density at radius 1 is 1.27 bits per heavy atom. The van der Waals surface area contributed by atoms with E-state index in [1.165, 1.54) is 4.90 Å². The summed E-state index contributed by atoms with van der Waals surface area (Å²) in [5, 5.41) is 12.0. The van der Waals surface area contributed by atoms with Crippen LogP contribution in [0.3, 0.4) is 0 Å². The Bertz CT molecular complexity index is 599. The minimum Gasteiger partial charge on any atom is -0.395 e. The number of urea groups is 1. The molecule has 2 N–H and O–H groups in total. The molecule has 1 heterocycles. The van der Waals surface area contributed by atoms with E-state index in [2.05, 4.69) is 5.32 Å². The first-order valence-corrected chi connectivity index (χ1v) is 9.19. The molecule has 1 aliphatic heterocycles. The average molecular weight is 326 g/mol. The van der Waals surface area contributed by atoms with Crippen LogP contribution in [0.15, 0.2) is 24.3 Å². The molecule has 0 aromatic heterocycles. The van der Waals surface area contributed by atoms with Crippen molar-refractivity contribution in [3.63, 3.8) is 0 Å². The predicted octanol–water partition coefficient (Wildman–Crippen LogP) is 1.40. The van der Waals surface area contributed by atoms with Crippen molar-refractivity contribution in [3.05, 3.63) is 29.8 Å². The van der Waals surface area contributed by atoms with Crippen LogP contribution in [0, 0.1) is 6.92 Å². The average Bonchev–Trinajstić information content (AvgIpc) is 2.47. The van der Waals surface area contributed by atoms with E-state index in [9.17, 15) is 18.3 Å². The van der Waals surface area contributed by atoms with Gasteiger partial charge >= 0.3 is 6.03 Å². The summed E-state index contributed by atoms with van der Waals surface area (Å²) >= 11 is 0. The van der Waals surface area contributed by atoms with Crippen LogP contribution in [0.2, 0.25) is 0 Å². The third kappa shape index (κ3) is 4.45. The Morgan fingerprint density at radius 3 is 2.41 bits per heavy atom. The maximum Gasteiger partial charge on any atom is 0.322 e. The van der Waals surface area contributed by atoms with Gasteiger partial charge in [0.1, 0.15) is 9.84 Å². The zero-order chi connectivity index (χ0) is 16.2. The summed E-state index contributed by atoms with van der Waals surface area (Å²) < 4.78 is 23.0. The third-order valence-corrected chi connectivity index (χ3v) is 5.58. The zero-order valence-electron chi connectivity index (χ0n) is 12.7. The van der Waals surface area contributed by atoms with Crippen molar-refractivity contribution in [2.75, 3.05) is 30.0 Å². The van der Waals surface area contributed by atoms with Crippen LogP contribution in [0.25, 0.3) is 0 Å². The maximum atomic E-state index is 12.4. The van der Waals surface area contributed by atoms with E-state index in [0.717, 1.165) is 5.56 Å². The highest BCUT2D eigenvalue weighted by atomic mass is 32.2. The van der Waals surface area contributed by atoms with Gasteiger partial charge in [-0.1, -0.05) is 17.7 Å². The highest BCUT2D eigenvalue weighted by molar-refractivity contribution is 7.91. The van der Waals surface area contributed by atoms with Crippen LogP contribution in [0.4, 0.5) is 10.5 Å². The molecule has 0 aliphatic carbocycles. The number of amides is 2. The largest absolute Gasteiger partial charge is 0.395 e. The molecule has 0 spiro atoms. The Hall–Kier alpha value is -1.60. The molecular weight excluding hydrogens is 304 g/mol. The van der Waals surface area contributed by atoms with Crippen LogP contribution < -0.4 is 5.32 Å². The zero-order valence-corrected chi connectivity index (χ0v) is 13.5. The van der Waals surface area contributed by atoms with Gasteiger partial charge < -0.3 is 15.3 Å². The molecule has 22 heavy (non-hydrogen) atoms.